The fraction of sp³-hybridized carbons (Fsp3) is 0.480. The van der Waals surface area contributed by atoms with Gasteiger partial charge in [0.1, 0.15) is 34.5 Å². The summed E-state index contributed by atoms with van der Waals surface area (Å²) in [7, 11) is 0. The third-order valence-electron chi connectivity index (χ3n) is 6.37. The molecule has 0 aliphatic carbocycles. The number of phenolic OH excluding ortho intramolecular Hbond substituents is 3. The molecule has 172 valence electrons. The summed E-state index contributed by atoms with van der Waals surface area (Å²) in [4.78, 5) is 12.9. The molecule has 0 saturated heterocycles. The zero-order valence-electron chi connectivity index (χ0n) is 18.6. The van der Waals surface area contributed by atoms with Crippen LogP contribution >= 0.6 is 0 Å². The molecule has 0 radical (unpaired) electrons. The zero-order chi connectivity index (χ0) is 23.3. The number of ether oxygens (including phenoxy) is 2. The number of aliphatic hydroxyl groups is 1. The maximum absolute atomic E-state index is 12.9. The largest absolute Gasteiger partial charge is 0.507 e. The van der Waals surface area contributed by atoms with Crippen molar-refractivity contribution in [1.82, 2.24) is 0 Å². The second-order valence-corrected chi connectivity index (χ2v) is 9.77. The zero-order valence-corrected chi connectivity index (χ0v) is 18.6. The molecule has 0 spiro atoms. The van der Waals surface area contributed by atoms with Crippen LogP contribution in [0.2, 0.25) is 0 Å². The van der Waals surface area contributed by atoms with Gasteiger partial charge >= 0.3 is 0 Å². The molecule has 0 saturated carbocycles. The number of Topliss-reactive ketones (excluding diaryl/α,β-unsaturated/α-hetero) is 1. The lowest BCUT2D eigenvalue weighted by Crippen LogP contribution is -2.37. The van der Waals surface area contributed by atoms with Crippen molar-refractivity contribution < 1.29 is 34.7 Å². The Balaban J connectivity index is 1.60. The van der Waals surface area contributed by atoms with Crippen LogP contribution in [0.25, 0.3) is 0 Å². The number of hydrogen-bond acceptors (Lipinski definition) is 7. The highest BCUT2D eigenvalue weighted by Crippen LogP contribution is 2.49. The summed E-state index contributed by atoms with van der Waals surface area (Å²) in [5, 5.41) is 40.2. The van der Waals surface area contributed by atoms with Crippen molar-refractivity contribution in [2.24, 2.45) is 0 Å². The van der Waals surface area contributed by atoms with Crippen LogP contribution in [-0.4, -0.2) is 37.4 Å². The monoisotopic (exact) mass is 442 g/mol. The predicted octanol–water partition coefficient (Wildman–Crippen LogP) is 4.53. The number of hydrogen-bond donors (Lipinski definition) is 4. The van der Waals surface area contributed by atoms with E-state index in [2.05, 4.69) is 0 Å². The van der Waals surface area contributed by atoms with Gasteiger partial charge in [-0.25, -0.2) is 0 Å². The molecule has 2 heterocycles. The fourth-order valence-corrected chi connectivity index (χ4v) is 4.53. The van der Waals surface area contributed by atoms with Crippen molar-refractivity contribution in [3.05, 3.63) is 41.0 Å². The molecular weight excluding hydrogens is 412 g/mol. The van der Waals surface area contributed by atoms with Crippen LogP contribution in [-0.2, 0) is 6.42 Å². The topological polar surface area (TPSA) is 116 Å². The van der Waals surface area contributed by atoms with Gasteiger partial charge in [-0.3, -0.25) is 4.79 Å². The average Bonchev–Trinajstić information content (AvgIpc) is 2.68. The molecule has 4 N–H and O–H groups in total. The first-order valence-electron chi connectivity index (χ1n) is 11.0. The summed E-state index contributed by atoms with van der Waals surface area (Å²) in [6.45, 7) is 5.59. The molecular formula is C25H30O7. The lowest BCUT2D eigenvalue weighted by molar-refractivity contribution is 0.0328. The number of ketones is 1. The van der Waals surface area contributed by atoms with Crippen LogP contribution in [0.5, 0.6) is 28.7 Å². The maximum atomic E-state index is 12.9. The van der Waals surface area contributed by atoms with E-state index in [1.807, 2.05) is 6.92 Å². The van der Waals surface area contributed by atoms with Gasteiger partial charge in [-0.15, -0.1) is 0 Å². The van der Waals surface area contributed by atoms with E-state index < -0.39 is 17.3 Å². The van der Waals surface area contributed by atoms with Gasteiger partial charge in [0.2, 0.25) is 0 Å². The standard InChI is InChI=1S/C25H30O7/c1-24(2,30)8-4-9-25(3)10-7-15-20(32-25)13-21-22(23(15)29)18(28)12-19(31-21)14-5-6-16(26)17(27)11-14/h5-6,11,13,19,26-27,29-30H,4,7-10,12H2,1-3H3/t19-,25?/m0/s1. The molecule has 2 aliphatic heterocycles. The van der Waals surface area contributed by atoms with Gasteiger partial charge in [0, 0.05) is 11.6 Å². The van der Waals surface area contributed by atoms with E-state index in [-0.39, 0.29) is 40.8 Å². The highest BCUT2D eigenvalue weighted by atomic mass is 16.5. The fourth-order valence-electron chi connectivity index (χ4n) is 4.53. The molecule has 4 rings (SSSR count). The molecule has 7 heteroatoms. The van der Waals surface area contributed by atoms with E-state index in [9.17, 15) is 25.2 Å². The molecule has 2 aliphatic rings. The summed E-state index contributed by atoms with van der Waals surface area (Å²) < 4.78 is 12.3. The van der Waals surface area contributed by atoms with Crippen molar-refractivity contribution in [2.45, 2.75) is 76.6 Å². The minimum atomic E-state index is -0.730. The van der Waals surface area contributed by atoms with E-state index >= 15 is 0 Å². The quantitative estimate of drug-likeness (QED) is 0.503. The van der Waals surface area contributed by atoms with Gasteiger partial charge in [0.05, 0.1) is 12.0 Å². The summed E-state index contributed by atoms with van der Waals surface area (Å²) in [5.41, 5.74) is 0.152. The Kier molecular flexibility index (Phi) is 5.49. The van der Waals surface area contributed by atoms with E-state index in [1.54, 1.807) is 26.0 Å². The lowest BCUT2D eigenvalue weighted by Gasteiger charge is -2.38. The summed E-state index contributed by atoms with van der Waals surface area (Å²) >= 11 is 0. The van der Waals surface area contributed by atoms with Crippen molar-refractivity contribution in [1.29, 1.82) is 0 Å². The number of aromatic hydroxyl groups is 3. The Hall–Kier alpha value is -2.93. The predicted molar refractivity (Wildman–Crippen MR) is 118 cm³/mol. The van der Waals surface area contributed by atoms with E-state index in [0.717, 1.165) is 12.8 Å². The van der Waals surface area contributed by atoms with Gasteiger partial charge in [-0.2, -0.15) is 0 Å². The SMILES string of the molecule is CC(C)(O)CCCC1(C)CCc2c(cc3c(c2O)C(=O)C[C@@H](c2ccc(O)c(O)c2)O3)O1. The third kappa shape index (κ3) is 4.35. The number of rotatable bonds is 5. The van der Waals surface area contributed by atoms with Crippen LogP contribution in [0.4, 0.5) is 0 Å². The van der Waals surface area contributed by atoms with Gasteiger partial charge in [-0.1, -0.05) is 6.07 Å². The molecule has 2 atom stereocenters. The number of benzene rings is 2. The molecule has 0 fully saturated rings. The second kappa shape index (κ2) is 7.89. The van der Waals surface area contributed by atoms with Crippen molar-refractivity contribution in [2.75, 3.05) is 0 Å². The first-order chi connectivity index (χ1) is 15.0. The molecule has 32 heavy (non-hydrogen) atoms. The molecule has 2 aromatic rings. The molecule has 0 aromatic heterocycles. The van der Waals surface area contributed by atoms with Crippen LogP contribution in [0, 0.1) is 0 Å². The minimum Gasteiger partial charge on any atom is -0.507 e. The Morgan fingerprint density at radius 1 is 1.12 bits per heavy atom. The smallest absolute Gasteiger partial charge is 0.174 e. The van der Waals surface area contributed by atoms with Crippen molar-refractivity contribution in [3.63, 3.8) is 0 Å². The summed E-state index contributed by atoms with van der Waals surface area (Å²) in [5.74, 6) is -0.130. The molecule has 2 aromatic carbocycles. The molecule has 0 amide bonds. The van der Waals surface area contributed by atoms with Crippen LogP contribution in [0.15, 0.2) is 24.3 Å². The normalized spacial score (nSPS) is 22.5. The van der Waals surface area contributed by atoms with Crippen LogP contribution in [0.3, 0.4) is 0 Å². The molecule has 7 nitrogen and oxygen atoms in total. The highest BCUT2D eigenvalue weighted by Gasteiger charge is 2.38. The Morgan fingerprint density at radius 3 is 2.56 bits per heavy atom. The van der Waals surface area contributed by atoms with Crippen LogP contribution in [0.1, 0.15) is 80.5 Å². The Labute approximate surface area is 187 Å². The van der Waals surface area contributed by atoms with Gasteiger partial charge in [-0.05, 0) is 70.6 Å². The average molecular weight is 443 g/mol. The van der Waals surface area contributed by atoms with Crippen molar-refractivity contribution in [3.8, 4) is 28.7 Å². The van der Waals surface area contributed by atoms with Crippen LogP contribution < -0.4 is 9.47 Å². The van der Waals surface area contributed by atoms with Crippen molar-refractivity contribution >= 4 is 5.78 Å². The Morgan fingerprint density at radius 2 is 1.88 bits per heavy atom. The first kappa shape index (κ1) is 22.3. The minimum absolute atomic E-state index is 0.0130. The first-order valence-corrected chi connectivity index (χ1v) is 11.0. The van der Waals surface area contributed by atoms with Gasteiger partial charge < -0.3 is 29.9 Å². The Bertz CT molecular complexity index is 1050. The molecule has 0 bridgehead atoms. The van der Waals surface area contributed by atoms with Gasteiger partial charge in [0.25, 0.3) is 0 Å². The highest BCUT2D eigenvalue weighted by molar-refractivity contribution is 6.03. The molecule has 1 unspecified atom stereocenters. The van der Waals surface area contributed by atoms with E-state index in [4.69, 9.17) is 9.47 Å². The van der Waals surface area contributed by atoms with E-state index in [1.165, 1.54) is 12.1 Å². The number of fused-ring (bicyclic) bond motifs is 2. The number of carbonyl (C=O) groups excluding carboxylic acids is 1. The van der Waals surface area contributed by atoms with Gasteiger partial charge in [0.15, 0.2) is 17.3 Å². The maximum Gasteiger partial charge on any atom is 0.174 e. The lowest BCUT2D eigenvalue weighted by atomic mass is 9.85. The number of carbonyl (C=O) groups is 1. The summed E-state index contributed by atoms with van der Waals surface area (Å²) in [6.07, 6.45) is 2.85. The summed E-state index contributed by atoms with van der Waals surface area (Å²) in [6, 6.07) is 5.97. The van der Waals surface area contributed by atoms with E-state index in [0.29, 0.717) is 36.1 Å². The third-order valence-corrected chi connectivity index (χ3v) is 6.37. The second-order valence-electron chi connectivity index (χ2n) is 9.77. The number of phenols is 3.